The molecule has 1 saturated carbocycles. The van der Waals surface area contributed by atoms with Gasteiger partial charge in [0.25, 0.3) is 5.91 Å². The summed E-state index contributed by atoms with van der Waals surface area (Å²) in [4.78, 5) is 12.4. The number of carbonyl (C=O) groups is 1. The van der Waals surface area contributed by atoms with Crippen LogP contribution in [0, 0.1) is 5.41 Å². The first-order valence-corrected chi connectivity index (χ1v) is 8.60. The number of rotatable bonds is 3. The van der Waals surface area contributed by atoms with Gasteiger partial charge in [0.2, 0.25) is 0 Å². The van der Waals surface area contributed by atoms with Crippen molar-refractivity contribution in [1.82, 2.24) is 20.4 Å². The van der Waals surface area contributed by atoms with Crippen molar-refractivity contribution in [2.75, 3.05) is 13.1 Å². The second-order valence-corrected chi connectivity index (χ2v) is 7.59. The molecule has 1 aliphatic heterocycles. The average Bonchev–Trinajstić information content (AvgIpc) is 3.00. The summed E-state index contributed by atoms with van der Waals surface area (Å²) in [7, 11) is 0. The molecule has 130 valence electrons. The Morgan fingerprint density at radius 1 is 1.35 bits per heavy atom. The van der Waals surface area contributed by atoms with E-state index < -0.39 is 0 Å². The van der Waals surface area contributed by atoms with Crippen molar-refractivity contribution < 1.29 is 4.79 Å². The minimum atomic E-state index is -0.0211. The zero-order valence-electron chi connectivity index (χ0n) is 14.2. The fraction of sp³-hybridized carbons (Fsp3) is 0.765. The summed E-state index contributed by atoms with van der Waals surface area (Å²) >= 11 is 0. The molecular formula is C17H29ClN4O. The summed E-state index contributed by atoms with van der Waals surface area (Å²) < 4.78 is 1.95. The van der Waals surface area contributed by atoms with Crippen LogP contribution < -0.4 is 10.6 Å². The molecule has 2 heterocycles. The Hall–Kier alpha value is -1.07. The molecule has 0 bridgehead atoms. The molecule has 6 heteroatoms. The minimum Gasteiger partial charge on any atom is -0.348 e. The lowest BCUT2D eigenvalue weighted by Crippen LogP contribution is -2.39. The van der Waals surface area contributed by atoms with E-state index in [0.717, 1.165) is 32.4 Å². The summed E-state index contributed by atoms with van der Waals surface area (Å²) in [6.07, 6.45) is 8.76. The monoisotopic (exact) mass is 340 g/mol. The van der Waals surface area contributed by atoms with Gasteiger partial charge in [-0.25, -0.2) is 0 Å². The highest BCUT2D eigenvalue weighted by atomic mass is 35.5. The number of nitrogens with one attached hydrogen (secondary N) is 2. The van der Waals surface area contributed by atoms with Gasteiger partial charge in [-0.05, 0) is 56.6 Å². The lowest BCUT2D eigenvalue weighted by Gasteiger charge is -2.34. The Morgan fingerprint density at radius 2 is 2.09 bits per heavy atom. The second-order valence-electron chi connectivity index (χ2n) is 7.59. The van der Waals surface area contributed by atoms with Crippen molar-refractivity contribution in [3.63, 3.8) is 0 Å². The minimum absolute atomic E-state index is 0. The number of nitrogens with zero attached hydrogens (tertiary/aromatic N) is 2. The van der Waals surface area contributed by atoms with Gasteiger partial charge in [-0.2, -0.15) is 5.10 Å². The van der Waals surface area contributed by atoms with Crippen molar-refractivity contribution in [2.45, 2.75) is 64.5 Å². The van der Waals surface area contributed by atoms with Crippen molar-refractivity contribution in [1.29, 1.82) is 0 Å². The predicted octanol–water partition coefficient (Wildman–Crippen LogP) is 2.93. The largest absolute Gasteiger partial charge is 0.348 e. The lowest BCUT2D eigenvalue weighted by molar-refractivity contribution is 0.0902. The maximum atomic E-state index is 12.4. The molecule has 1 aromatic heterocycles. The first-order chi connectivity index (χ1) is 10.5. The van der Waals surface area contributed by atoms with Crippen molar-refractivity contribution >= 4 is 18.3 Å². The van der Waals surface area contributed by atoms with Gasteiger partial charge in [0.15, 0.2) is 0 Å². The maximum Gasteiger partial charge on any atom is 0.271 e. The summed E-state index contributed by atoms with van der Waals surface area (Å²) in [5.74, 6) is -0.0211. The highest BCUT2D eigenvalue weighted by molar-refractivity contribution is 5.92. The Labute approximate surface area is 145 Å². The van der Waals surface area contributed by atoms with Crippen molar-refractivity contribution in [2.24, 2.45) is 5.41 Å². The van der Waals surface area contributed by atoms with Crippen LogP contribution in [0.2, 0.25) is 0 Å². The van der Waals surface area contributed by atoms with E-state index in [9.17, 15) is 4.79 Å². The maximum absolute atomic E-state index is 12.4. The highest BCUT2D eigenvalue weighted by Gasteiger charge is 2.28. The van der Waals surface area contributed by atoms with Crippen LogP contribution in [0.5, 0.6) is 0 Å². The third-order valence-corrected chi connectivity index (χ3v) is 5.16. The molecule has 1 aliphatic carbocycles. The Kier molecular flexibility index (Phi) is 6.09. The predicted molar refractivity (Wildman–Crippen MR) is 94.1 cm³/mol. The molecule has 5 nitrogen and oxygen atoms in total. The van der Waals surface area contributed by atoms with Gasteiger partial charge in [-0.3, -0.25) is 9.48 Å². The summed E-state index contributed by atoms with van der Waals surface area (Å²) in [5, 5.41) is 11.0. The van der Waals surface area contributed by atoms with Gasteiger partial charge in [0.05, 0.1) is 6.04 Å². The zero-order valence-corrected chi connectivity index (χ0v) is 15.0. The van der Waals surface area contributed by atoms with Crippen LogP contribution in [0.4, 0.5) is 0 Å². The van der Waals surface area contributed by atoms with Crippen molar-refractivity contribution in [3.05, 3.63) is 18.0 Å². The van der Waals surface area contributed by atoms with Crippen LogP contribution in [0.3, 0.4) is 0 Å². The number of hydrogen-bond acceptors (Lipinski definition) is 3. The number of piperidine rings is 1. The molecule has 1 atom stereocenters. The van der Waals surface area contributed by atoms with E-state index >= 15 is 0 Å². The van der Waals surface area contributed by atoms with Crippen LogP contribution in [0.1, 0.15) is 68.9 Å². The lowest BCUT2D eigenvalue weighted by atomic mass is 9.75. The average molecular weight is 341 g/mol. The number of amides is 1. The molecule has 23 heavy (non-hydrogen) atoms. The van der Waals surface area contributed by atoms with Gasteiger partial charge in [0.1, 0.15) is 5.69 Å². The quantitative estimate of drug-likeness (QED) is 0.889. The fourth-order valence-corrected chi connectivity index (χ4v) is 3.52. The fourth-order valence-electron chi connectivity index (χ4n) is 3.52. The molecule has 2 fully saturated rings. The standard InChI is InChI=1S/C17H28N4O.ClH/c1-17(2)8-5-13(6-9-17)19-16(22)15-7-11-21(20-15)14-4-3-10-18-12-14;/h7,11,13-14,18H,3-6,8-10,12H2,1-2H3,(H,19,22);1H. The third kappa shape index (κ3) is 4.70. The van der Waals surface area contributed by atoms with Crippen molar-refractivity contribution in [3.8, 4) is 0 Å². The SMILES string of the molecule is CC1(C)CCC(NC(=O)c2ccn(C3CCCNC3)n2)CC1.Cl. The van der Waals surface area contributed by atoms with Crippen LogP contribution in [0.15, 0.2) is 12.3 Å². The van der Waals surface area contributed by atoms with Gasteiger partial charge in [-0.15, -0.1) is 12.4 Å². The van der Waals surface area contributed by atoms with E-state index in [1.165, 1.54) is 19.3 Å². The van der Waals surface area contributed by atoms with E-state index in [0.29, 0.717) is 23.2 Å². The Bertz CT molecular complexity index is 512. The normalized spacial score (nSPS) is 24.7. The summed E-state index contributed by atoms with van der Waals surface area (Å²) in [6.45, 7) is 6.65. The Morgan fingerprint density at radius 3 is 2.74 bits per heavy atom. The first-order valence-electron chi connectivity index (χ1n) is 8.60. The molecule has 0 spiro atoms. The van der Waals surface area contributed by atoms with Crippen LogP contribution in [-0.4, -0.2) is 34.8 Å². The van der Waals surface area contributed by atoms with Gasteiger partial charge >= 0.3 is 0 Å². The van der Waals surface area contributed by atoms with E-state index in [4.69, 9.17) is 0 Å². The third-order valence-electron chi connectivity index (χ3n) is 5.16. The van der Waals surface area contributed by atoms with E-state index in [1.807, 2.05) is 16.9 Å². The van der Waals surface area contributed by atoms with E-state index in [1.54, 1.807) is 0 Å². The highest BCUT2D eigenvalue weighted by Crippen LogP contribution is 2.35. The smallest absolute Gasteiger partial charge is 0.271 e. The molecular weight excluding hydrogens is 312 g/mol. The van der Waals surface area contributed by atoms with E-state index in [-0.39, 0.29) is 18.3 Å². The summed E-state index contributed by atoms with van der Waals surface area (Å²) in [6, 6.07) is 2.53. The van der Waals surface area contributed by atoms with Crippen LogP contribution >= 0.6 is 12.4 Å². The number of hydrogen-bond donors (Lipinski definition) is 2. The summed E-state index contributed by atoms with van der Waals surface area (Å²) in [5.41, 5.74) is 0.979. The topological polar surface area (TPSA) is 59.0 Å². The van der Waals surface area contributed by atoms with Crippen LogP contribution in [-0.2, 0) is 0 Å². The van der Waals surface area contributed by atoms with Gasteiger partial charge in [-0.1, -0.05) is 13.8 Å². The molecule has 1 amide bonds. The molecule has 0 aromatic carbocycles. The first kappa shape index (κ1) is 18.3. The number of carbonyl (C=O) groups excluding carboxylic acids is 1. The zero-order chi connectivity index (χ0) is 15.6. The molecule has 2 N–H and O–H groups in total. The Balaban J connectivity index is 0.00000192. The number of halogens is 1. The molecule has 1 saturated heterocycles. The van der Waals surface area contributed by atoms with Crippen LogP contribution in [0.25, 0.3) is 0 Å². The molecule has 0 radical (unpaired) electrons. The molecule has 2 aliphatic rings. The molecule has 3 rings (SSSR count). The molecule has 1 aromatic rings. The number of aromatic nitrogens is 2. The van der Waals surface area contributed by atoms with Gasteiger partial charge in [0, 0.05) is 18.8 Å². The van der Waals surface area contributed by atoms with E-state index in [2.05, 4.69) is 29.6 Å². The van der Waals surface area contributed by atoms with Gasteiger partial charge < -0.3 is 10.6 Å². The second kappa shape index (κ2) is 7.67. The molecule has 1 unspecified atom stereocenters.